The predicted molar refractivity (Wildman–Crippen MR) is 80.1 cm³/mol. The van der Waals surface area contributed by atoms with Crippen molar-refractivity contribution in [2.75, 3.05) is 0 Å². The van der Waals surface area contributed by atoms with Gasteiger partial charge < -0.3 is 5.11 Å². The second-order valence-electron chi connectivity index (χ2n) is 6.23. The number of rotatable bonds is 3. The molecule has 1 saturated carbocycles. The van der Waals surface area contributed by atoms with Crippen molar-refractivity contribution < 1.29 is 13.5 Å². The molecule has 4 heteroatoms. The molecular formula is C16H24O3S. The highest BCUT2D eigenvalue weighted by Gasteiger charge is 2.45. The van der Waals surface area contributed by atoms with Crippen molar-refractivity contribution in [2.45, 2.75) is 49.9 Å². The van der Waals surface area contributed by atoms with E-state index in [0.717, 1.165) is 6.42 Å². The molecule has 20 heavy (non-hydrogen) atoms. The second kappa shape index (κ2) is 5.86. The zero-order valence-electron chi connectivity index (χ0n) is 12.4. The van der Waals surface area contributed by atoms with Crippen LogP contribution in [0.1, 0.15) is 33.6 Å². The lowest BCUT2D eigenvalue weighted by Gasteiger charge is -2.41. The number of sulfone groups is 1. The molecule has 0 radical (unpaired) electrons. The van der Waals surface area contributed by atoms with Crippen LogP contribution in [0.4, 0.5) is 0 Å². The van der Waals surface area contributed by atoms with Crippen molar-refractivity contribution in [3.8, 4) is 0 Å². The molecule has 2 unspecified atom stereocenters. The van der Waals surface area contributed by atoms with E-state index in [4.69, 9.17) is 0 Å². The Morgan fingerprint density at radius 1 is 1.15 bits per heavy atom. The molecule has 0 aliphatic heterocycles. The van der Waals surface area contributed by atoms with E-state index in [2.05, 4.69) is 13.8 Å². The largest absolute Gasteiger partial charge is 0.393 e. The third-order valence-corrected chi connectivity index (χ3v) is 7.05. The number of hydrogen-bond acceptors (Lipinski definition) is 3. The minimum Gasteiger partial charge on any atom is -0.393 e. The molecule has 0 spiro atoms. The van der Waals surface area contributed by atoms with E-state index in [1.165, 1.54) is 0 Å². The normalized spacial score (nSPS) is 31.4. The highest BCUT2D eigenvalue weighted by atomic mass is 32.2. The van der Waals surface area contributed by atoms with Crippen LogP contribution in [0.3, 0.4) is 0 Å². The van der Waals surface area contributed by atoms with Crippen LogP contribution in [0.15, 0.2) is 35.2 Å². The maximum atomic E-state index is 12.9. The Kier molecular flexibility index (Phi) is 4.55. The van der Waals surface area contributed by atoms with Gasteiger partial charge in [0, 0.05) is 0 Å². The average Bonchev–Trinajstić information content (AvgIpc) is 2.42. The van der Waals surface area contributed by atoms with Crippen LogP contribution in [0.5, 0.6) is 0 Å². The predicted octanol–water partition coefficient (Wildman–Crippen LogP) is 2.89. The molecule has 2 rings (SSSR count). The third-order valence-electron chi connectivity index (χ3n) is 4.63. The summed E-state index contributed by atoms with van der Waals surface area (Å²) >= 11 is 0. The van der Waals surface area contributed by atoms with Crippen molar-refractivity contribution in [1.29, 1.82) is 0 Å². The Morgan fingerprint density at radius 3 is 2.30 bits per heavy atom. The highest BCUT2D eigenvalue weighted by Crippen LogP contribution is 2.40. The first kappa shape index (κ1) is 15.5. The van der Waals surface area contributed by atoms with E-state index in [-0.39, 0.29) is 11.8 Å². The Bertz CT molecular complexity index is 536. The van der Waals surface area contributed by atoms with Gasteiger partial charge in [0.1, 0.15) is 0 Å². The summed E-state index contributed by atoms with van der Waals surface area (Å²) in [4.78, 5) is 0.372. The topological polar surface area (TPSA) is 54.4 Å². The molecule has 112 valence electrons. The van der Waals surface area contributed by atoms with E-state index in [1.807, 2.05) is 13.0 Å². The average molecular weight is 296 g/mol. The maximum absolute atomic E-state index is 12.9. The van der Waals surface area contributed by atoms with Gasteiger partial charge in [-0.2, -0.15) is 0 Å². The van der Waals surface area contributed by atoms with Crippen molar-refractivity contribution >= 4 is 9.84 Å². The van der Waals surface area contributed by atoms with E-state index >= 15 is 0 Å². The molecule has 0 bridgehead atoms. The molecule has 0 aromatic heterocycles. The van der Waals surface area contributed by atoms with Crippen molar-refractivity contribution in [1.82, 2.24) is 0 Å². The van der Waals surface area contributed by atoms with Gasteiger partial charge in [0.2, 0.25) is 0 Å². The van der Waals surface area contributed by atoms with E-state index in [9.17, 15) is 13.5 Å². The molecule has 1 aliphatic rings. The molecular weight excluding hydrogens is 272 g/mol. The Balaban J connectivity index is 2.45. The van der Waals surface area contributed by atoms with Crippen molar-refractivity contribution in [3.05, 3.63) is 30.3 Å². The van der Waals surface area contributed by atoms with Gasteiger partial charge in [0.25, 0.3) is 0 Å². The number of aliphatic hydroxyl groups excluding tert-OH is 1. The lowest BCUT2D eigenvalue weighted by Crippen LogP contribution is -2.47. The van der Waals surface area contributed by atoms with Crippen LogP contribution in [-0.4, -0.2) is 24.9 Å². The minimum absolute atomic E-state index is 0.110. The van der Waals surface area contributed by atoms with Gasteiger partial charge in [0.05, 0.1) is 16.2 Å². The smallest absolute Gasteiger partial charge is 0.181 e. The summed E-state index contributed by atoms with van der Waals surface area (Å²) < 4.78 is 25.9. The summed E-state index contributed by atoms with van der Waals surface area (Å²) in [6.07, 6.45) is 0.957. The molecule has 1 aliphatic carbocycles. The lowest BCUT2D eigenvalue weighted by molar-refractivity contribution is 0.0495. The van der Waals surface area contributed by atoms with Crippen LogP contribution >= 0.6 is 0 Å². The first-order chi connectivity index (χ1) is 9.35. The highest BCUT2D eigenvalue weighted by molar-refractivity contribution is 7.92. The van der Waals surface area contributed by atoms with E-state index in [0.29, 0.717) is 17.2 Å². The Hall–Kier alpha value is -0.870. The minimum atomic E-state index is -3.40. The quantitative estimate of drug-likeness (QED) is 0.933. The van der Waals surface area contributed by atoms with Crippen LogP contribution < -0.4 is 0 Å². The number of aliphatic hydroxyl groups is 1. The maximum Gasteiger partial charge on any atom is 0.181 e. The third kappa shape index (κ3) is 2.77. The van der Waals surface area contributed by atoms with Crippen molar-refractivity contribution in [3.63, 3.8) is 0 Å². The fourth-order valence-electron chi connectivity index (χ4n) is 3.39. The standard InChI is InChI=1S/C16H24O3S/c1-11(2)14-9-10-15(17)12(3)16(14)20(18,19)13-7-5-4-6-8-13/h4-8,11-12,14-17H,9-10H2,1-3H3/t12?,14-,15+,16?/m1/s1. The van der Waals surface area contributed by atoms with E-state index in [1.54, 1.807) is 24.3 Å². The number of hydrogen-bond donors (Lipinski definition) is 1. The lowest BCUT2D eigenvalue weighted by atomic mass is 9.75. The fraction of sp³-hybridized carbons (Fsp3) is 0.625. The molecule has 0 amide bonds. The molecule has 4 atom stereocenters. The summed E-state index contributed by atoms with van der Waals surface area (Å²) in [5, 5.41) is 9.60. The molecule has 1 aromatic rings. The summed E-state index contributed by atoms with van der Waals surface area (Å²) in [5.74, 6) is 0.188. The SMILES string of the molecule is CC(C)[C@H]1CC[C@H](O)C(C)C1S(=O)(=O)c1ccccc1. The van der Waals surface area contributed by atoms with Gasteiger partial charge in [-0.15, -0.1) is 0 Å². The van der Waals surface area contributed by atoms with Gasteiger partial charge in [-0.3, -0.25) is 0 Å². The molecule has 0 heterocycles. The van der Waals surface area contributed by atoms with Crippen LogP contribution in [0.2, 0.25) is 0 Å². The van der Waals surface area contributed by atoms with Crippen LogP contribution in [-0.2, 0) is 9.84 Å². The van der Waals surface area contributed by atoms with Gasteiger partial charge in [0.15, 0.2) is 9.84 Å². The fourth-order valence-corrected chi connectivity index (χ4v) is 5.90. The monoisotopic (exact) mass is 296 g/mol. The zero-order valence-corrected chi connectivity index (χ0v) is 13.2. The first-order valence-corrected chi connectivity index (χ1v) is 8.87. The summed E-state index contributed by atoms with van der Waals surface area (Å²) in [6, 6.07) is 8.63. The van der Waals surface area contributed by atoms with Gasteiger partial charge in [-0.25, -0.2) is 8.42 Å². The molecule has 1 aromatic carbocycles. The molecule has 1 N–H and O–H groups in total. The van der Waals surface area contributed by atoms with Gasteiger partial charge in [-0.1, -0.05) is 39.0 Å². The van der Waals surface area contributed by atoms with E-state index < -0.39 is 21.2 Å². The number of benzene rings is 1. The summed E-state index contributed by atoms with van der Waals surface area (Å²) in [7, 11) is -3.40. The Labute approximate surface area is 121 Å². The summed E-state index contributed by atoms with van der Waals surface area (Å²) in [5.41, 5.74) is 0. The molecule has 0 saturated heterocycles. The van der Waals surface area contributed by atoms with Crippen molar-refractivity contribution in [2.24, 2.45) is 17.8 Å². The van der Waals surface area contributed by atoms with Gasteiger partial charge >= 0.3 is 0 Å². The van der Waals surface area contributed by atoms with Crippen LogP contribution in [0.25, 0.3) is 0 Å². The van der Waals surface area contributed by atoms with Gasteiger partial charge in [-0.05, 0) is 42.7 Å². The zero-order chi connectivity index (χ0) is 14.9. The molecule has 3 nitrogen and oxygen atoms in total. The Morgan fingerprint density at radius 2 is 1.75 bits per heavy atom. The second-order valence-corrected chi connectivity index (χ2v) is 8.34. The van der Waals surface area contributed by atoms with Crippen LogP contribution in [0, 0.1) is 17.8 Å². The summed E-state index contributed by atoms with van der Waals surface area (Å²) in [6.45, 7) is 6.01. The first-order valence-electron chi connectivity index (χ1n) is 7.32. The molecule has 1 fully saturated rings.